The van der Waals surface area contributed by atoms with Gasteiger partial charge < -0.3 is 23.8 Å². The van der Waals surface area contributed by atoms with E-state index in [1.54, 1.807) is 0 Å². The molecule has 8 heteroatoms. The number of hydrogen-bond acceptors (Lipinski definition) is 6. The highest BCUT2D eigenvalue weighted by Gasteiger charge is 2.31. The summed E-state index contributed by atoms with van der Waals surface area (Å²) >= 11 is 0. The second-order valence-electron chi connectivity index (χ2n) is 17.3. The van der Waals surface area contributed by atoms with Gasteiger partial charge in [-0.2, -0.15) is 0 Å². The van der Waals surface area contributed by atoms with Gasteiger partial charge in [0.2, 0.25) is 0 Å². The first-order valence-corrected chi connectivity index (χ1v) is 25.2. The van der Waals surface area contributed by atoms with E-state index in [2.05, 4.69) is 148 Å². The van der Waals surface area contributed by atoms with Crippen molar-refractivity contribution in [3.63, 3.8) is 0 Å². The van der Waals surface area contributed by atoms with Gasteiger partial charge in [-0.05, 0) is 109 Å². The maximum Gasteiger partial charge on any atom is 0.362 e. The lowest BCUT2D eigenvalue weighted by Gasteiger charge is -2.31. The zero-order chi connectivity index (χ0) is 48.4. The van der Waals surface area contributed by atoms with Gasteiger partial charge in [0.25, 0.3) is 0 Å². The molecule has 1 N–H and O–H groups in total. The van der Waals surface area contributed by atoms with Crippen LogP contribution in [0, 0.1) is 0 Å². The molecule has 66 heavy (non-hydrogen) atoms. The number of nitrogens with zero attached hydrogens (tertiary/aromatic N) is 1. The number of unbranched alkanes of at least 4 members (excludes halogenated alkanes) is 7. The number of carbonyl (C=O) groups is 3. The van der Waals surface area contributed by atoms with E-state index >= 15 is 0 Å². The summed E-state index contributed by atoms with van der Waals surface area (Å²) in [4.78, 5) is 37.2. The van der Waals surface area contributed by atoms with Gasteiger partial charge >= 0.3 is 17.9 Å². The number of likely N-dealkylation sites (N-methyl/N-ethyl adjacent to an activating group) is 1. The summed E-state index contributed by atoms with van der Waals surface area (Å²) in [7, 11) is 5.50. The normalized spacial score (nSPS) is 14.0. The Bertz CT molecular complexity index is 1530. The highest BCUT2D eigenvalue weighted by atomic mass is 16.6. The van der Waals surface area contributed by atoms with Crippen LogP contribution in [0.15, 0.2) is 134 Å². The lowest BCUT2D eigenvalue weighted by molar-refractivity contribution is -0.887. The van der Waals surface area contributed by atoms with Gasteiger partial charge in [0.15, 0.2) is 12.1 Å². The van der Waals surface area contributed by atoms with Crippen molar-refractivity contribution in [3.8, 4) is 0 Å². The number of quaternary nitrogens is 1. The number of allylic oxidation sites excluding steroid dienone is 22. The third kappa shape index (κ3) is 44.7. The number of ether oxygens (including phenoxy) is 3. The van der Waals surface area contributed by atoms with Crippen LogP contribution in [0.3, 0.4) is 0 Å². The maximum atomic E-state index is 12.8. The Balaban J connectivity index is 4.41. The van der Waals surface area contributed by atoms with Gasteiger partial charge in [0.05, 0.1) is 34.4 Å². The molecule has 370 valence electrons. The Morgan fingerprint density at radius 2 is 0.803 bits per heavy atom. The van der Waals surface area contributed by atoms with Gasteiger partial charge in [-0.15, -0.1) is 0 Å². The standard InChI is InChI=1S/C58H91NO7/c1-6-8-10-12-14-16-18-20-22-24-26-27-28-29-31-32-34-36-38-40-42-44-46-48-56(60)65-53-54(52-64-51-50-55(58(62)63)59(3,4)5)66-57(61)49-47-45-43-41-39-37-35-33-30-25-23-21-19-17-15-13-11-9-7-2/h8-11,14-17,20-23,26-27,29-31,33-34,36-37,39,54-55H,6-7,12-13,18-19,24-25,28,32,35,38,40-53H2,1-5H3/p+1/b10-8+,11-9+,16-14+,17-15+,22-20+,23-21+,27-26+,31-29+,33-30+,36-34+,39-37+. The molecule has 0 aliphatic carbocycles. The van der Waals surface area contributed by atoms with Gasteiger partial charge in [-0.3, -0.25) is 9.59 Å². The van der Waals surface area contributed by atoms with Crippen molar-refractivity contribution in [1.82, 2.24) is 0 Å². The zero-order valence-electron chi connectivity index (χ0n) is 42.1. The van der Waals surface area contributed by atoms with Crippen LogP contribution in [-0.2, 0) is 28.6 Å². The number of carboxylic acid groups (broad SMARTS) is 1. The first-order chi connectivity index (χ1) is 32.1. The average Bonchev–Trinajstić information content (AvgIpc) is 3.28. The van der Waals surface area contributed by atoms with Gasteiger partial charge in [-0.25, -0.2) is 4.79 Å². The number of carboxylic acids is 1. The second kappa shape index (κ2) is 47.0. The first kappa shape index (κ1) is 61.5. The fourth-order valence-electron chi connectivity index (χ4n) is 6.47. The fraction of sp³-hybridized carbons (Fsp3) is 0.569. The van der Waals surface area contributed by atoms with Crippen molar-refractivity contribution >= 4 is 17.9 Å². The van der Waals surface area contributed by atoms with Gasteiger partial charge in [0.1, 0.15) is 6.61 Å². The van der Waals surface area contributed by atoms with Crippen LogP contribution in [0.2, 0.25) is 0 Å². The summed E-state index contributed by atoms with van der Waals surface area (Å²) in [5.41, 5.74) is 0. The highest BCUT2D eigenvalue weighted by molar-refractivity contribution is 5.72. The molecule has 2 atom stereocenters. The number of carbonyl (C=O) groups excluding carboxylic acids is 2. The Labute approximate surface area is 403 Å². The molecule has 0 saturated carbocycles. The Hall–Kier alpha value is -4.53. The van der Waals surface area contributed by atoms with Crippen LogP contribution in [-0.4, -0.2) is 80.6 Å². The molecule has 0 radical (unpaired) electrons. The molecule has 0 bridgehead atoms. The molecule has 0 amide bonds. The van der Waals surface area contributed by atoms with E-state index in [1.165, 1.54) is 0 Å². The van der Waals surface area contributed by atoms with Crippen LogP contribution < -0.4 is 0 Å². The predicted molar refractivity (Wildman–Crippen MR) is 279 cm³/mol. The highest BCUT2D eigenvalue weighted by Crippen LogP contribution is 2.12. The van der Waals surface area contributed by atoms with Crippen molar-refractivity contribution in [1.29, 1.82) is 0 Å². The third-order valence-corrected chi connectivity index (χ3v) is 10.3. The maximum absolute atomic E-state index is 12.8. The van der Waals surface area contributed by atoms with Crippen LogP contribution >= 0.6 is 0 Å². The van der Waals surface area contributed by atoms with E-state index < -0.39 is 18.1 Å². The van der Waals surface area contributed by atoms with Gasteiger partial charge in [0, 0.05) is 19.3 Å². The molecule has 0 heterocycles. The van der Waals surface area contributed by atoms with Crippen LogP contribution in [0.25, 0.3) is 0 Å². The van der Waals surface area contributed by atoms with Crippen LogP contribution in [0.5, 0.6) is 0 Å². The lowest BCUT2D eigenvalue weighted by Crippen LogP contribution is -2.50. The molecule has 2 unspecified atom stereocenters. The summed E-state index contributed by atoms with van der Waals surface area (Å²) in [5, 5.41) is 9.65. The van der Waals surface area contributed by atoms with Crippen molar-refractivity contribution in [3.05, 3.63) is 134 Å². The van der Waals surface area contributed by atoms with Crippen molar-refractivity contribution < 1.29 is 38.2 Å². The molecule has 8 nitrogen and oxygen atoms in total. The molecular formula is C58H92NO7+. The largest absolute Gasteiger partial charge is 0.477 e. The third-order valence-electron chi connectivity index (χ3n) is 10.3. The van der Waals surface area contributed by atoms with Crippen LogP contribution in [0.4, 0.5) is 0 Å². The molecule has 0 aromatic rings. The minimum absolute atomic E-state index is 0.0289. The van der Waals surface area contributed by atoms with E-state index in [4.69, 9.17) is 14.2 Å². The molecule has 0 fully saturated rings. The zero-order valence-corrected chi connectivity index (χ0v) is 42.1. The van der Waals surface area contributed by atoms with E-state index in [9.17, 15) is 19.5 Å². The Morgan fingerprint density at radius 1 is 0.455 bits per heavy atom. The van der Waals surface area contributed by atoms with E-state index in [-0.39, 0.29) is 42.7 Å². The monoisotopic (exact) mass is 915 g/mol. The smallest absolute Gasteiger partial charge is 0.362 e. The molecule has 0 aromatic carbocycles. The summed E-state index contributed by atoms with van der Waals surface area (Å²) in [6.07, 6.45) is 67.9. The average molecular weight is 915 g/mol. The topological polar surface area (TPSA) is 99.1 Å². The number of esters is 2. The summed E-state index contributed by atoms with van der Waals surface area (Å²) in [6, 6.07) is -0.635. The SMILES string of the molecule is CC/C=C/C/C=C/C/C=C/C/C=C/C/C=C/C/C=C/CCCCCCC(=O)OCC(COCCC(C(=O)O)[N+](C)(C)C)OC(=O)CCCCC/C=C/C/C=C/C/C=C/C/C=C/C/C=C/CC. The Morgan fingerprint density at radius 3 is 1.18 bits per heavy atom. The van der Waals surface area contributed by atoms with E-state index in [0.29, 0.717) is 19.3 Å². The molecule has 0 saturated heterocycles. The van der Waals surface area contributed by atoms with Crippen LogP contribution in [0.1, 0.15) is 162 Å². The van der Waals surface area contributed by atoms with Crippen molar-refractivity contribution in [2.24, 2.45) is 0 Å². The number of hydrogen-bond donors (Lipinski definition) is 1. The minimum Gasteiger partial charge on any atom is -0.477 e. The van der Waals surface area contributed by atoms with Crippen molar-refractivity contribution in [2.75, 3.05) is 41.0 Å². The lowest BCUT2D eigenvalue weighted by atomic mass is 10.1. The summed E-state index contributed by atoms with van der Waals surface area (Å²) in [6.45, 7) is 4.42. The molecular weight excluding hydrogens is 823 g/mol. The summed E-state index contributed by atoms with van der Waals surface area (Å²) in [5.74, 6) is -1.56. The number of aliphatic carboxylic acids is 1. The molecule has 0 aliphatic heterocycles. The van der Waals surface area contributed by atoms with Gasteiger partial charge in [-0.1, -0.05) is 167 Å². The molecule has 0 aliphatic rings. The predicted octanol–water partition coefficient (Wildman–Crippen LogP) is 14.7. The molecule has 0 rings (SSSR count). The molecule has 0 aromatic heterocycles. The fourth-order valence-corrected chi connectivity index (χ4v) is 6.47. The Kier molecular flexibility index (Phi) is 43.8. The van der Waals surface area contributed by atoms with E-state index in [0.717, 1.165) is 122 Å². The minimum atomic E-state index is -0.891. The van der Waals surface area contributed by atoms with Crippen molar-refractivity contribution in [2.45, 2.75) is 174 Å². The number of rotatable bonds is 43. The molecule has 0 spiro atoms. The quantitative estimate of drug-likeness (QED) is 0.0281. The first-order valence-electron chi connectivity index (χ1n) is 25.2. The van der Waals surface area contributed by atoms with E-state index in [1.807, 2.05) is 21.1 Å². The summed E-state index contributed by atoms with van der Waals surface area (Å²) < 4.78 is 17.3. The second-order valence-corrected chi connectivity index (χ2v) is 17.3.